The van der Waals surface area contributed by atoms with Crippen molar-refractivity contribution in [2.75, 3.05) is 43.9 Å². The summed E-state index contributed by atoms with van der Waals surface area (Å²) in [6, 6.07) is 5.61. The van der Waals surface area contributed by atoms with E-state index in [1.807, 2.05) is 0 Å². The molecule has 0 bridgehead atoms. The van der Waals surface area contributed by atoms with Crippen molar-refractivity contribution in [1.29, 1.82) is 0 Å². The number of sulfonamides is 1. The summed E-state index contributed by atoms with van der Waals surface area (Å²) in [4.78, 5) is 16.7. The third-order valence-electron chi connectivity index (χ3n) is 6.89. The molecule has 1 amide bonds. The van der Waals surface area contributed by atoms with Crippen molar-refractivity contribution >= 4 is 21.6 Å². The number of nitrogens with zero attached hydrogens (tertiary/aromatic N) is 4. The summed E-state index contributed by atoms with van der Waals surface area (Å²) in [6.45, 7) is 2.31. The minimum absolute atomic E-state index is 0.0886. The highest BCUT2D eigenvalue weighted by atomic mass is 32.2. The van der Waals surface area contributed by atoms with Gasteiger partial charge in [0.15, 0.2) is 5.69 Å². The van der Waals surface area contributed by atoms with Gasteiger partial charge < -0.3 is 9.80 Å². The molecule has 0 unspecified atom stereocenters. The number of alkyl halides is 3. The van der Waals surface area contributed by atoms with E-state index in [1.165, 1.54) is 16.4 Å². The maximum absolute atomic E-state index is 13.4. The van der Waals surface area contributed by atoms with Gasteiger partial charge in [-0.3, -0.25) is 9.89 Å². The molecular formula is C21H24F3N5O3S. The van der Waals surface area contributed by atoms with Gasteiger partial charge in [0.2, 0.25) is 10.0 Å². The predicted molar refractivity (Wildman–Crippen MR) is 114 cm³/mol. The first-order chi connectivity index (χ1) is 15.5. The molecule has 12 heteroatoms. The fourth-order valence-electron chi connectivity index (χ4n) is 5.25. The Labute approximate surface area is 189 Å². The van der Waals surface area contributed by atoms with Crippen LogP contribution in [0.25, 0.3) is 0 Å². The highest BCUT2D eigenvalue weighted by Gasteiger charge is 2.45. The van der Waals surface area contributed by atoms with Gasteiger partial charge in [-0.25, -0.2) is 8.42 Å². The Morgan fingerprint density at radius 1 is 1.12 bits per heavy atom. The lowest BCUT2D eigenvalue weighted by Gasteiger charge is -2.26. The molecule has 2 saturated heterocycles. The minimum Gasteiger partial charge on any atom is -0.370 e. The standard InChI is InChI=1S/C21H24F3N5O3S/c1-33(31,32)29-7-6-15-17(12-29)25-26-19(15)20(30)28-10-13-8-27(9-14(13)11-28)18-5-3-2-4-16(18)21(22,23)24/h2-5,13-14H,6-12H2,1H3,(H,25,26)/t13-,14+. The molecule has 3 aliphatic heterocycles. The van der Waals surface area contributed by atoms with Crippen LogP contribution in [-0.2, 0) is 29.2 Å². The maximum atomic E-state index is 13.4. The highest BCUT2D eigenvalue weighted by molar-refractivity contribution is 7.88. The molecule has 2 fully saturated rings. The molecule has 0 spiro atoms. The summed E-state index contributed by atoms with van der Waals surface area (Å²) in [5.74, 6) is -0.0339. The second kappa shape index (κ2) is 7.73. The molecule has 8 nitrogen and oxygen atoms in total. The summed E-state index contributed by atoms with van der Waals surface area (Å²) in [7, 11) is -3.33. The third kappa shape index (κ3) is 3.99. The number of aromatic nitrogens is 2. The van der Waals surface area contributed by atoms with Crippen LogP contribution in [0, 0.1) is 11.8 Å². The van der Waals surface area contributed by atoms with Gasteiger partial charge in [-0.2, -0.15) is 22.6 Å². The number of carbonyl (C=O) groups is 1. The average Bonchev–Trinajstić information content (AvgIpc) is 3.44. The lowest BCUT2D eigenvalue weighted by atomic mass is 10.0. The van der Waals surface area contributed by atoms with E-state index in [4.69, 9.17) is 0 Å². The van der Waals surface area contributed by atoms with E-state index in [-0.39, 0.29) is 30.0 Å². The van der Waals surface area contributed by atoms with E-state index in [0.29, 0.717) is 50.5 Å². The molecule has 0 saturated carbocycles. The van der Waals surface area contributed by atoms with Gasteiger partial charge in [-0.1, -0.05) is 12.1 Å². The van der Waals surface area contributed by atoms with Crippen LogP contribution in [0.4, 0.5) is 18.9 Å². The number of fused-ring (bicyclic) bond motifs is 2. The second-order valence-electron chi connectivity index (χ2n) is 9.03. The van der Waals surface area contributed by atoms with Crippen LogP contribution in [0.15, 0.2) is 24.3 Å². The van der Waals surface area contributed by atoms with Gasteiger partial charge in [0.1, 0.15) is 0 Å². The van der Waals surface area contributed by atoms with Gasteiger partial charge in [-0.05, 0) is 18.6 Å². The average molecular weight is 484 g/mol. The number of likely N-dealkylation sites (tertiary alicyclic amines) is 1. The van der Waals surface area contributed by atoms with E-state index in [0.717, 1.165) is 17.9 Å². The summed E-state index contributed by atoms with van der Waals surface area (Å²) >= 11 is 0. The van der Waals surface area contributed by atoms with Crippen molar-refractivity contribution in [3.63, 3.8) is 0 Å². The van der Waals surface area contributed by atoms with Gasteiger partial charge in [0, 0.05) is 55.8 Å². The Bertz CT molecular complexity index is 1180. The molecule has 3 aliphatic rings. The molecular weight excluding hydrogens is 459 g/mol. The number of H-pyrrole nitrogens is 1. The summed E-state index contributed by atoms with van der Waals surface area (Å²) in [5.41, 5.74) is 1.25. The Kier molecular flexibility index (Phi) is 5.20. The van der Waals surface area contributed by atoms with E-state index in [1.54, 1.807) is 15.9 Å². The van der Waals surface area contributed by atoms with Crippen LogP contribution in [0.3, 0.4) is 0 Å². The molecule has 33 heavy (non-hydrogen) atoms. The van der Waals surface area contributed by atoms with E-state index < -0.39 is 21.8 Å². The fraction of sp³-hybridized carbons (Fsp3) is 0.524. The molecule has 178 valence electrons. The van der Waals surface area contributed by atoms with E-state index in [9.17, 15) is 26.4 Å². The lowest BCUT2D eigenvalue weighted by Crippen LogP contribution is -2.37. The van der Waals surface area contributed by atoms with Crippen molar-refractivity contribution in [2.45, 2.75) is 19.1 Å². The first kappa shape index (κ1) is 22.2. The number of hydrogen-bond acceptors (Lipinski definition) is 5. The van der Waals surface area contributed by atoms with Crippen molar-refractivity contribution in [3.05, 3.63) is 46.8 Å². The van der Waals surface area contributed by atoms with Crippen molar-refractivity contribution in [2.24, 2.45) is 11.8 Å². The van der Waals surface area contributed by atoms with Gasteiger partial charge in [0.05, 0.1) is 24.1 Å². The summed E-state index contributed by atoms with van der Waals surface area (Å²) < 4.78 is 65.2. The van der Waals surface area contributed by atoms with Crippen molar-refractivity contribution in [1.82, 2.24) is 19.4 Å². The molecule has 0 aliphatic carbocycles. The number of anilines is 1. The number of benzene rings is 1. The Morgan fingerprint density at radius 3 is 2.42 bits per heavy atom. The quantitative estimate of drug-likeness (QED) is 0.721. The summed E-state index contributed by atoms with van der Waals surface area (Å²) in [6.07, 6.45) is -2.86. The molecule has 1 aromatic carbocycles. The number of halogens is 3. The molecule has 0 radical (unpaired) electrons. The second-order valence-corrected chi connectivity index (χ2v) is 11.0. The number of carbonyl (C=O) groups excluding carboxylic acids is 1. The molecule has 5 rings (SSSR count). The van der Waals surface area contributed by atoms with Crippen LogP contribution in [0.5, 0.6) is 0 Å². The number of aromatic amines is 1. The summed E-state index contributed by atoms with van der Waals surface area (Å²) in [5, 5.41) is 6.99. The van der Waals surface area contributed by atoms with Crippen LogP contribution in [-0.4, -0.2) is 72.7 Å². The molecule has 2 atom stereocenters. The number of rotatable bonds is 3. The SMILES string of the molecule is CS(=O)(=O)N1CCc2c(C(=O)N3C[C@@H]4CN(c5ccccc5C(F)(F)F)C[C@@H]4C3)n[nH]c2C1. The number of amides is 1. The zero-order valence-electron chi connectivity index (χ0n) is 18.0. The smallest absolute Gasteiger partial charge is 0.370 e. The topological polar surface area (TPSA) is 89.6 Å². The first-order valence-electron chi connectivity index (χ1n) is 10.7. The normalized spacial score (nSPS) is 23.6. The monoisotopic (exact) mass is 483 g/mol. The van der Waals surface area contributed by atoms with Crippen LogP contribution >= 0.6 is 0 Å². The van der Waals surface area contributed by atoms with Crippen LogP contribution in [0.1, 0.15) is 27.3 Å². The Hall–Kier alpha value is -2.60. The molecule has 1 aromatic heterocycles. The van der Waals surface area contributed by atoms with Gasteiger partial charge >= 0.3 is 6.18 Å². The minimum atomic E-state index is -4.41. The zero-order valence-corrected chi connectivity index (χ0v) is 18.8. The fourth-order valence-corrected chi connectivity index (χ4v) is 6.03. The number of para-hydroxylation sites is 1. The largest absolute Gasteiger partial charge is 0.418 e. The first-order valence-corrected chi connectivity index (χ1v) is 12.6. The maximum Gasteiger partial charge on any atom is 0.418 e. The van der Waals surface area contributed by atoms with E-state index in [2.05, 4.69) is 10.2 Å². The van der Waals surface area contributed by atoms with Gasteiger partial charge in [0.25, 0.3) is 5.91 Å². The van der Waals surface area contributed by atoms with Crippen molar-refractivity contribution < 1.29 is 26.4 Å². The predicted octanol–water partition coefficient (Wildman–Crippen LogP) is 1.95. The molecule has 2 aromatic rings. The Morgan fingerprint density at radius 2 is 1.79 bits per heavy atom. The van der Waals surface area contributed by atoms with Gasteiger partial charge in [-0.15, -0.1) is 0 Å². The zero-order chi connectivity index (χ0) is 23.5. The van der Waals surface area contributed by atoms with Crippen LogP contribution < -0.4 is 4.90 Å². The molecule has 4 heterocycles. The number of hydrogen-bond donors (Lipinski definition) is 1. The van der Waals surface area contributed by atoms with E-state index >= 15 is 0 Å². The lowest BCUT2D eigenvalue weighted by molar-refractivity contribution is -0.137. The number of nitrogens with one attached hydrogen (secondary N) is 1. The molecule has 1 N–H and O–H groups in total. The third-order valence-corrected chi connectivity index (χ3v) is 8.14. The van der Waals surface area contributed by atoms with Crippen LogP contribution in [0.2, 0.25) is 0 Å². The Balaban J connectivity index is 1.28. The van der Waals surface area contributed by atoms with Crippen molar-refractivity contribution in [3.8, 4) is 0 Å². The highest BCUT2D eigenvalue weighted by Crippen LogP contribution is 2.41.